The lowest BCUT2D eigenvalue weighted by Crippen LogP contribution is -2.46. The van der Waals surface area contributed by atoms with Crippen LogP contribution in [0, 0.1) is 5.82 Å². The van der Waals surface area contributed by atoms with E-state index in [0.29, 0.717) is 6.54 Å². The Bertz CT molecular complexity index is 513. The number of likely N-dealkylation sites (N-methyl/N-ethyl adjacent to an activating group) is 1. The smallest absolute Gasteiger partial charge is 0.246 e. The quantitative estimate of drug-likeness (QED) is 0.899. The third kappa shape index (κ3) is 2.55. The predicted octanol–water partition coefficient (Wildman–Crippen LogP) is 1.20. The van der Waals surface area contributed by atoms with Gasteiger partial charge in [0.15, 0.2) is 0 Å². The first-order chi connectivity index (χ1) is 8.53. The van der Waals surface area contributed by atoms with E-state index in [1.165, 1.54) is 35.6 Å². The van der Waals surface area contributed by atoms with E-state index in [1.54, 1.807) is 0 Å². The third-order valence-corrected chi connectivity index (χ3v) is 5.22. The van der Waals surface area contributed by atoms with Crippen LogP contribution in [-0.4, -0.2) is 38.9 Å². The first kappa shape index (κ1) is 13.5. The summed E-state index contributed by atoms with van der Waals surface area (Å²) in [6.07, 6.45) is 1.74. The Morgan fingerprint density at radius 2 is 2.11 bits per heavy atom. The lowest BCUT2D eigenvalue weighted by Gasteiger charge is -2.30. The molecule has 1 aliphatic rings. The molecule has 6 heteroatoms. The van der Waals surface area contributed by atoms with Crippen LogP contribution in [0.1, 0.15) is 12.8 Å². The summed E-state index contributed by atoms with van der Waals surface area (Å²) in [4.78, 5) is -0.252. The molecule has 1 aliphatic heterocycles. The Morgan fingerprint density at radius 1 is 1.39 bits per heavy atom. The highest BCUT2D eigenvalue weighted by atomic mass is 32.2. The van der Waals surface area contributed by atoms with Gasteiger partial charge in [-0.15, -0.1) is 0 Å². The van der Waals surface area contributed by atoms with E-state index in [1.807, 2.05) is 0 Å². The van der Waals surface area contributed by atoms with Gasteiger partial charge in [-0.2, -0.15) is 4.31 Å². The van der Waals surface area contributed by atoms with E-state index in [4.69, 9.17) is 0 Å². The van der Waals surface area contributed by atoms with E-state index in [9.17, 15) is 12.8 Å². The zero-order chi connectivity index (χ0) is 13.2. The molecule has 0 saturated carbocycles. The molecule has 0 spiro atoms. The van der Waals surface area contributed by atoms with Crippen molar-refractivity contribution in [2.45, 2.75) is 23.8 Å². The largest absolute Gasteiger partial charge is 0.315 e. The van der Waals surface area contributed by atoms with Crippen LogP contribution < -0.4 is 5.32 Å². The Kier molecular flexibility index (Phi) is 3.99. The topological polar surface area (TPSA) is 49.4 Å². The zero-order valence-corrected chi connectivity index (χ0v) is 11.1. The third-order valence-electron chi connectivity index (χ3n) is 3.28. The Balaban J connectivity index is 2.28. The van der Waals surface area contributed by atoms with Crippen molar-refractivity contribution < 1.29 is 12.8 Å². The summed E-state index contributed by atoms with van der Waals surface area (Å²) in [6, 6.07) is 5.37. The molecule has 0 bridgehead atoms. The molecule has 0 amide bonds. The molecule has 1 aromatic carbocycles. The first-order valence-corrected chi connectivity index (χ1v) is 7.41. The summed E-state index contributed by atoms with van der Waals surface area (Å²) in [6.45, 7) is 1.52. The van der Waals surface area contributed by atoms with E-state index in [0.717, 1.165) is 19.4 Å². The molecule has 1 N–H and O–H groups in total. The highest BCUT2D eigenvalue weighted by Crippen LogP contribution is 2.21. The predicted molar refractivity (Wildman–Crippen MR) is 67.2 cm³/mol. The van der Waals surface area contributed by atoms with Crippen molar-refractivity contribution in [1.82, 2.24) is 9.62 Å². The summed E-state index contributed by atoms with van der Waals surface area (Å²) >= 11 is 0. The molecule has 1 saturated heterocycles. The van der Waals surface area contributed by atoms with Crippen molar-refractivity contribution >= 4 is 10.0 Å². The van der Waals surface area contributed by atoms with Gasteiger partial charge in [0.25, 0.3) is 0 Å². The van der Waals surface area contributed by atoms with Gasteiger partial charge in [-0.05, 0) is 31.5 Å². The van der Waals surface area contributed by atoms with Crippen molar-refractivity contribution in [3.05, 3.63) is 30.1 Å². The second-order valence-corrected chi connectivity index (χ2v) is 6.42. The maximum Gasteiger partial charge on any atom is 0.246 e. The lowest BCUT2D eigenvalue weighted by molar-refractivity contribution is 0.299. The van der Waals surface area contributed by atoms with Crippen LogP contribution in [0.5, 0.6) is 0 Å². The molecule has 4 nitrogen and oxygen atoms in total. The lowest BCUT2D eigenvalue weighted by atomic mass is 10.1. The van der Waals surface area contributed by atoms with Crippen molar-refractivity contribution in [2.75, 3.05) is 20.1 Å². The number of hydrogen-bond donors (Lipinski definition) is 1. The van der Waals surface area contributed by atoms with Crippen LogP contribution in [0.2, 0.25) is 0 Å². The summed E-state index contributed by atoms with van der Waals surface area (Å²) < 4.78 is 39.5. The SMILES string of the molecule is CN(C1CCCNC1)S(=O)(=O)c1ccccc1F. The second kappa shape index (κ2) is 5.34. The van der Waals surface area contributed by atoms with Crippen LogP contribution in [0.4, 0.5) is 4.39 Å². The van der Waals surface area contributed by atoms with Gasteiger partial charge >= 0.3 is 0 Å². The van der Waals surface area contributed by atoms with Gasteiger partial charge in [-0.3, -0.25) is 0 Å². The zero-order valence-electron chi connectivity index (χ0n) is 10.3. The molecule has 1 atom stereocenters. The maximum atomic E-state index is 13.6. The molecule has 0 aliphatic carbocycles. The van der Waals surface area contributed by atoms with Crippen LogP contribution in [0.15, 0.2) is 29.2 Å². The van der Waals surface area contributed by atoms with Crippen molar-refractivity contribution in [2.24, 2.45) is 0 Å². The number of sulfonamides is 1. The van der Waals surface area contributed by atoms with Crippen molar-refractivity contribution in [1.29, 1.82) is 0 Å². The monoisotopic (exact) mass is 272 g/mol. The van der Waals surface area contributed by atoms with E-state index in [-0.39, 0.29) is 10.9 Å². The standard InChI is InChI=1S/C12H17FN2O2S/c1-15(10-5-4-8-14-9-10)18(16,17)12-7-3-2-6-11(12)13/h2-3,6-7,10,14H,4-5,8-9H2,1H3. The van der Waals surface area contributed by atoms with Crippen LogP contribution in [0.3, 0.4) is 0 Å². The molecule has 1 heterocycles. The van der Waals surface area contributed by atoms with E-state index >= 15 is 0 Å². The molecule has 18 heavy (non-hydrogen) atoms. The fourth-order valence-corrected chi connectivity index (χ4v) is 3.60. The first-order valence-electron chi connectivity index (χ1n) is 5.97. The molecule has 0 radical (unpaired) electrons. The van der Waals surface area contributed by atoms with Gasteiger partial charge in [0, 0.05) is 19.6 Å². The number of piperidine rings is 1. The number of halogens is 1. The average Bonchev–Trinajstić information content (AvgIpc) is 2.39. The van der Waals surface area contributed by atoms with Gasteiger partial charge < -0.3 is 5.32 Å². The van der Waals surface area contributed by atoms with Gasteiger partial charge in [0.2, 0.25) is 10.0 Å². The van der Waals surface area contributed by atoms with Gasteiger partial charge in [0.05, 0.1) is 0 Å². The van der Waals surface area contributed by atoms with Gasteiger partial charge in [-0.1, -0.05) is 12.1 Å². The molecule has 2 rings (SSSR count). The van der Waals surface area contributed by atoms with E-state index < -0.39 is 15.8 Å². The summed E-state index contributed by atoms with van der Waals surface area (Å²) in [5.74, 6) is -0.701. The number of nitrogens with zero attached hydrogens (tertiary/aromatic N) is 1. The molecular weight excluding hydrogens is 255 g/mol. The highest BCUT2D eigenvalue weighted by molar-refractivity contribution is 7.89. The fourth-order valence-electron chi connectivity index (χ4n) is 2.15. The Hall–Kier alpha value is -0.980. The molecule has 1 fully saturated rings. The van der Waals surface area contributed by atoms with E-state index in [2.05, 4.69) is 5.32 Å². The number of rotatable bonds is 3. The van der Waals surface area contributed by atoms with Crippen molar-refractivity contribution in [3.63, 3.8) is 0 Å². The molecule has 1 aromatic rings. The number of nitrogens with one attached hydrogen (secondary N) is 1. The fraction of sp³-hybridized carbons (Fsp3) is 0.500. The maximum absolute atomic E-state index is 13.6. The van der Waals surface area contributed by atoms with Gasteiger partial charge in [0.1, 0.15) is 10.7 Å². The number of hydrogen-bond acceptors (Lipinski definition) is 3. The Morgan fingerprint density at radius 3 is 2.72 bits per heavy atom. The minimum Gasteiger partial charge on any atom is -0.315 e. The summed E-state index contributed by atoms with van der Waals surface area (Å²) in [5.41, 5.74) is 0. The molecular formula is C12H17FN2O2S. The van der Waals surface area contributed by atoms with Crippen molar-refractivity contribution in [3.8, 4) is 0 Å². The summed E-state index contributed by atoms with van der Waals surface area (Å²) in [5, 5.41) is 3.15. The minimum atomic E-state index is -3.75. The van der Waals surface area contributed by atoms with Crippen LogP contribution >= 0.6 is 0 Å². The summed E-state index contributed by atoms with van der Waals surface area (Å²) in [7, 11) is -2.24. The van der Waals surface area contributed by atoms with Gasteiger partial charge in [-0.25, -0.2) is 12.8 Å². The molecule has 100 valence electrons. The van der Waals surface area contributed by atoms with Crippen LogP contribution in [0.25, 0.3) is 0 Å². The molecule has 0 aromatic heterocycles. The Labute approximate surface area is 107 Å². The van der Waals surface area contributed by atoms with Crippen LogP contribution in [-0.2, 0) is 10.0 Å². The number of benzene rings is 1. The normalized spacial score (nSPS) is 21.2. The minimum absolute atomic E-state index is 0.108. The second-order valence-electron chi connectivity index (χ2n) is 4.45. The highest BCUT2D eigenvalue weighted by Gasteiger charge is 2.30. The average molecular weight is 272 g/mol. The molecule has 1 unspecified atom stereocenters.